The van der Waals surface area contributed by atoms with Crippen LogP contribution in [0.5, 0.6) is 11.5 Å². The van der Waals surface area contributed by atoms with Gasteiger partial charge in [-0.2, -0.15) is 0 Å². The van der Waals surface area contributed by atoms with E-state index in [0.29, 0.717) is 23.9 Å². The number of hydrogen-bond donors (Lipinski definition) is 1. The number of para-hydroxylation sites is 2. The van der Waals surface area contributed by atoms with E-state index in [2.05, 4.69) is 5.32 Å². The van der Waals surface area contributed by atoms with Gasteiger partial charge in [-0.05, 0) is 35.7 Å². The van der Waals surface area contributed by atoms with Crippen molar-refractivity contribution in [1.29, 1.82) is 0 Å². The Kier molecular flexibility index (Phi) is 5.49. The Balaban J connectivity index is 1.62. The number of amides is 1. The van der Waals surface area contributed by atoms with Crippen LogP contribution in [0, 0.1) is 5.92 Å². The fourth-order valence-electron chi connectivity index (χ4n) is 3.00. The molecule has 2 aromatic rings. The zero-order chi connectivity index (χ0) is 17.8. The highest BCUT2D eigenvalue weighted by molar-refractivity contribution is 6.30. The molecule has 1 N–H and O–H groups in total. The lowest BCUT2D eigenvalue weighted by atomic mass is 9.87. The SMILES string of the molecule is CC(C)C(C(=O)NCC1COc2ccccc2O1)c1ccc(Cl)cc1. The molecule has 0 aromatic heterocycles. The molecule has 0 fully saturated rings. The van der Waals surface area contributed by atoms with Gasteiger partial charge >= 0.3 is 0 Å². The molecule has 0 saturated carbocycles. The van der Waals surface area contributed by atoms with Gasteiger partial charge < -0.3 is 14.8 Å². The van der Waals surface area contributed by atoms with E-state index in [-0.39, 0.29) is 23.8 Å². The summed E-state index contributed by atoms with van der Waals surface area (Å²) in [5.74, 6) is 1.39. The lowest BCUT2D eigenvalue weighted by Crippen LogP contribution is -2.43. The first-order valence-electron chi connectivity index (χ1n) is 8.46. The Hall–Kier alpha value is -2.20. The molecule has 2 atom stereocenters. The van der Waals surface area contributed by atoms with Gasteiger partial charge in [0, 0.05) is 5.02 Å². The van der Waals surface area contributed by atoms with E-state index in [1.54, 1.807) is 0 Å². The summed E-state index contributed by atoms with van der Waals surface area (Å²) in [6, 6.07) is 15.0. The number of ether oxygens (including phenoxy) is 2. The van der Waals surface area contributed by atoms with Crippen LogP contribution in [0.15, 0.2) is 48.5 Å². The van der Waals surface area contributed by atoms with Crippen LogP contribution in [-0.4, -0.2) is 25.2 Å². The van der Waals surface area contributed by atoms with Gasteiger partial charge in [-0.25, -0.2) is 0 Å². The van der Waals surface area contributed by atoms with E-state index in [1.807, 2.05) is 62.4 Å². The van der Waals surface area contributed by atoms with Gasteiger partial charge in [0.1, 0.15) is 12.7 Å². The molecule has 2 unspecified atom stereocenters. The summed E-state index contributed by atoms with van der Waals surface area (Å²) in [6.45, 7) is 4.90. The Labute approximate surface area is 153 Å². The molecule has 5 heteroatoms. The van der Waals surface area contributed by atoms with Gasteiger partial charge in [-0.1, -0.05) is 49.7 Å². The molecule has 1 aliphatic rings. The topological polar surface area (TPSA) is 47.6 Å². The van der Waals surface area contributed by atoms with Gasteiger partial charge in [-0.15, -0.1) is 0 Å². The lowest BCUT2D eigenvalue weighted by Gasteiger charge is -2.28. The summed E-state index contributed by atoms with van der Waals surface area (Å²) in [6.07, 6.45) is -0.197. The predicted molar refractivity (Wildman–Crippen MR) is 98.4 cm³/mol. The second kappa shape index (κ2) is 7.79. The highest BCUT2D eigenvalue weighted by Crippen LogP contribution is 2.31. The van der Waals surface area contributed by atoms with Gasteiger partial charge in [0.15, 0.2) is 11.5 Å². The molecule has 0 aliphatic carbocycles. The molecule has 1 heterocycles. The van der Waals surface area contributed by atoms with E-state index in [9.17, 15) is 4.79 Å². The Morgan fingerprint density at radius 3 is 2.52 bits per heavy atom. The van der Waals surface area contributed by atoms with Crippen molar-refractivity contribution in [1.82, 2.24) is 5.32 Å². The van der Waals surface area contributed by atoms with Crippen LogP contribution in [-0.2, 0) is 4.79 Å². The predicted octanol–water partition coefficient (Wildman–Crippen LogP) is 4.04. The largest absolute Gasteiger partial charge is 0.486 e. The minimum Gasteiger partial charge on any atom is -0.486 e. The molecule has 132 valence electrons. The molecular formula is C20H22ClNO3. The van der Waals surface area contributed by atoms with Crippen molar-refractivity contribution in [2.75, 3.05) is 13.2 Å². The van der Waals surface area contributed by atoms with Crippen LogP contribution in [0.3, 0.4) is 0 Å². The van der Waals surface area contributed by atoms with E-state index >= 15 is 0 Å². The summed E-state index contributed by atoms with van der Waals surface area (Å²) in [5.41, 5.74) is 0.961. The molecular weight excluding hydrogens is 338 g/mol. The molecule has 3 rings (SSSR count). The summed E-state index contributed by atoms with van der Waals surface area (Å²) >= 11 is 5.95. The van der Waals surface area contributed by atoms with Crippen molar-refractivity contribution in [3.63, 3.8) is 0 Å². The van der Waals surface area contributed by atoms with E-state index in [1.165, 1.54) is 0 Å². The standard InChI is InChI=1S/C20H22ClNO3/c1-13(2)19(14-7-9-15(21)10-8-14)20(23)22-11-16-12-24-17-5-3-4-6-18(17)25-16/h3-10,13,16,19H,11-12H2,1-2H3,(H,22,23). The second-order valence-corrected chi connectivity index (χ2v) is 6.95. The molecule has 0 saturated heterocycles. The Morgan fingerprint density at radius 1 is 1.16 bits per heavy atom. The third-order valence-electron chi connectivity index (χ3n) is 4.25. The number of nitrogens with one attached hydrogen (secondary N) is 1. The zero-order valence-corrected chi connectivity index (χ0v) is 15.1. The van der Waals surface area contributed by atoms with Crippen LogP contribution >= 0.6 is 11.6 Å². The van der Waals surface area contributed by atoms with Crippen LogP contribution in [0.1, 0.15) is 25.3 Å². The first-order valence-corrected chi connectivity index (χ1v) is 8.84. The highest BCUT2D eigenvalue weighted by Gasteiger charge is 2.26. The number of halogens is 1. The zero-order valence-electron chi connectivity index (χ0n) is 14.4. The third kappa shape index (κ3) is 4.26. The lowest BCUT2D eigenvalue weighted by molar-refractivity contribution is -0.124. The molecule has 2 aromatic carbocycles. The van der Waals surface area contributed by atoms with Crippen LogP contribution in [0.4, 0.5) is 0 Å². The molecule has 25 heavy (non-hydrogen) atoms. The van der Waals surface area contributed by atoms with Crippen molar-refractivity contribution >= 4 is 17.5 Å². The van der Waals surface area contributed by atoms with Crippen LogP contribution in [0.2, 0.25) is 5.02 Å². The fraction of sp³-hybridized carbons (Fsp3) is 0.350. The van der Waals surface area contributed by atoms with Crippen LogP contribution in [0.25, 0.3) is 0 Å². The van der Waals surface area contributed by atoms with Crippen molar-refractivity contribution in [2.24, 2.45) is 5.92 Å². The number of rotatable bonds is 5. The van der Waals surface area contributed by atoms with Gasteiger partial charge in [0.25, 0.3) is 0 Å². The van der Waals surface area contributed by atoms with Crippen molar-refractivity contribution in [3.05, 3.63) is 59.1 Å². The second-order valence-electron chi connectivity index (χ2n) is 6.52. The maximum Gasteiger partial charge on any atom is 0.227 e. The molecule has 1 aliphatic heterocycles. The van der Waals surface area contributed by atoms with E-state index in [0.717, 1.165) is 11.3 Å². The van der Waals surface area contributed by atoms with Crippen molar-refractivity contribution < 1.29 is 14.3 Å². The minimum atomic E-state index is -0.228. The highest BCUT2D eigenvalue weighted by atomic mass is 35.5. The molecule has 0 spiro atoms. The van der Waals surface area contributed by atoms with Crippen molar-refractivity contribution in [3.8, 4) is 11.5 Å². The van der Waals surface area contributed by atoms with E-state index in [4.69, 9.17) is 21.1 Å². The number of fused-ring (bicyclic) bond motifs is 1. The number of carbonyl (C=O) groups is 1. The smallest absolute Gasteiger partial charge is 0.227 e. The quantitative estimate of drug-likeness (QED) is 0.876. The minimum absolute atomic E-state index is 0.0141. The molecule has 4 nitrogen and oxygen atoms in total. The van der Waals surface area contributed by atoms with Gasteiger partial charge in [-0.3, -0.25) is 4.79 Å². The van der Waals surface area contributed by atoms with Gasteiger partial charge in [0.2, 0.25) is 5.91 Å². The van der Waals surface area contributed by atoms with Crippen molar-refractivity contribution in [2.45, 2.75) is 25.9 Å². The average molecular weight is 360 g/mol. The number of carbonyl (C=O) groups excluding carboxylic acids is 1. The maximum absolute atomic E-state index is 12.7. The molecule has 0 bridgehead atoms. The first kappa shape index (κ1) is 17.6. The maximum atomic E-state index is 12.7. The average Bonchev–Trinajstić information content (AvgIpc) is 2.61. The third-order valence-corrected chi connectivity index (χ3v) is 4.50. The summed E-state index contributed by atoms with van der Waals surface area (Å²) in [7, 11) is 0. The number of benzene rings is 2. The Morgan fingerprint density at radius 2 is 1.84 bits per heavy atom. The van der Waals surface area contributed by atoms with E-state index < -0.39 is 0 Å². The molecule has 0 radical (unpaired) electrons. The normalized spacial score (nSPS) is 17.2. The Bertz CT molecular complexity index is 730. The number of hydrogen-bond acceptors (Lipinski definition) is 3. The first-order chi connectivity index (χ1) is 12.0. The summed E-state index contributed by atoms with van der Waals surface area (Å²) in [5, 5.41) is 3.67. The molecule has 1 amide bonds. The fourth-order valence-corrected chi connectivity index (χ4v) is 3.12. The summed E-state index contributed by atoms with van der Waals surface area (Å²) < 4.78 is 11.6. The summed E-state index contributed by atoms with van der Waals surface area (Å²) in [4.78, 5) is 12.7. The monoisotopic (exact) mass is 359 g/mol. The van der Waals surface area contributed by atoms with Gasteiger partial charge in [0.05, 0.1) is 12.5 Å². The van der Waals surface area contributed by atoms with Crippen LogP contribution < -0.4 is 14.8 Å².